The number of ether oxygens (including phenoxy) is 1. The topological polar surface area (TPSA) is 74.8 Å². The van der Waals surface area contributed by atoms with Crippen molar-refractivity contribution >= 4 is 34.9 Å². The molecule has 0 radical (unpaired) electrons. The quantitative estimate of drug-likeness (QED) is 0.570. The van der Waals surface area contributed by atoms with Crippen molar-refractivity contribution in [3.05, 3.63) is 50.9 Å². The molecule has 1 N–H and O–H groups in total. The number of carbonyl (C=O) groups is 2. The maximum atomic E-state index is 14.5. The first kappa shape index (κ1) is 26.4. The molecule has 7 nitrogen and oxygen atoms in total. The number of carbonyl (C=O) groups excluding carboxylic acids is 2. The van der Waals surface area contributed by atoms with Crippen molar-refractivity contribution in [2.75, 3.05) is 33.3 Å². The molecule has 0 bridgehead atoms. The Morgan fingerprint density at radius 1 is 1.27 bits per heavy atom. The van der Waals surface area contributed by atoms with E-state index < -0.39 is 11.5 Å². The van der Waals surface area contributed by atoms with Gasteiger partial charge in [0.05, 0.1) is 25.3 Å². The molecule has 5 rings (SSSR count). The van der Waals surface area contributed by atoms with Gasteiger partial charge in [-0.2, -0.15) is 0 Å². The normalized spacial score (nSPS) is 27.5. The SMILES string of the molecule is CCC(CC)[C@@H]1C[C@H](c2ccccc2)CCN1C(=O)[C@@H]1CNC[C@]12CN(C(=O)OC)Cc1nc(Cl)sc12. The first-order valence-corrected chi connectivity index (χ1v) is 14.7. The molecule has 2 aromatic rings. The Morgan fingerprint density at radius 3 is 2.73 bits per heavy atom. The number of rotatable bonds is 5. The number of likely N-dealkylation sites (tertiary alicyclic amines) is 1. The van der Waals surface area contributed by atoms with Crippen LogP contribution in [0.1, 0.15) is 61.6 Å². The number of hydrogen-bond acceptors (Lipinski definition) is 6. The number of methoxy groups -OCH3 is 1. The maximum Gasteiger partial charge on any atom is 0.409 e. The van der Waals surface area contributed by atoms with Crippen molar-refractivity contribution in [1.29, 1.82) is 0 Å². The molecule has 0 unspecified atom stereocenters. The highest BCUT2D eigenvalue weighted by Crippen LogP contribution is 2.47. The molecule has 37 heavy (non-hydrogen) atoms. The lowest BCUT2D eigenvalue weighted by molar-refractivity contribution is -0.142. The third kappa shape index (κ3) is 4.77. The van der Waals surface area contributed by atoms with Crippen molar-refractivity contribution in [3.8, 4) is 0 Å². The summed E-state index contributed by atoms with van der Waals surface area (Å²) in [5, 5.41) is 3.50. The molecule has 3 aliphatic heterocycles. The van der Waals surface area contributed by atoms with Gasteiger partial charge in [0.25, 0.3) is 0 Å². The van der Waals surface area contributed by atoms with Crippen LogP contribution >= 0.6 is 22.9 Å². The van der Waals surface area contributed by atoms with E-state index in [0.717, 1.165) is 42.8 Å². The predicted octanol–water partition coefficient (Wildman–Crippen LogP) is 5.05. The van der Waals surface area contributed by atoms with E-state index in [9.17, 15) is 9.59 Å². The van der Waals surface area contributed by atoms with Gasteiger partial charge in [-0.15, -0.1) is 11.3 Å². The minimum absolute atomic E-state index is 0.190. The first-order valence-electron chi connectivity index (χ1n) is 13.5. The van der Waals surface area contributed by atoms with Crippen LogP contribution in [-0.4, -0.2) is 66.1 Å². The molecule has 3 aliphatic rings. The largest absolute Gasteiger partial charge is 0.453 e. The summed E-state index contributed by atoms with van der Waals surface area (Å²) in [7, 11) is 1.39. The van der Waals surface area contributed by atoms with Gasteiger partial charge in [-0.3, -0.25) is 4.79 Å². The van der Waals surface area contributed by atoms with E-state index in [0.29, 0.717) is 42.5 Å². The number of benzene rings is 1. The number of halogens is 1. The Hall–Kier alpha value is -2.16. The highest BCUT2D eigenvalue weighted by atomic mass is 35.5. The summed E-state index contributed by atoms with van der Waals surface area (Å²) in [6.07, 6.45) is 3.65. The molecular formula is C28H37ClN4O3S. The Kier molecular flexibility index (Phi) is 7.80. The van der Waals surface area contributed by atoms with Crippen LogP contribution in [0.25, 0.3) is 0 Å². The van der Waals surface area contributed by atoms with E-state index in [-0.39, 0.29) is 17.9 Å². The Balaban J connectivity index is 1.47. The van der Waals surface area contributed by atoms with E-state index >= 15 is 0 Å². The second kappa shape index (κ2) is 10.9. The zero-order chi connectivity index (χ0) is 26.2. The molecule has 2 amide bonds. The van der Waals surface area contributed by atoms with Crippen molar-refractivity contribution in [2.24, 2.45) is 11.8 Å². The zero-order valence-corrected chi connectivity index (χ0v) is 23.5. The highest BCUT2D eigenvalue weighted by molar-refractivity contribution is 7.16. The molecule has 1 spiro atoms. The molecule has 2 saturated heterocycles. The fourth-order valence-corrected chi connectivity index (χ4v) is 8.36. The molecule has 4 atom stereocenters. The molecule has 0 aliphatic carbocycles. The monoisotopic (exact) mass is 544 g/mol. The molecule has 4 heterocycles. The van der Waals surface area contributed by atoms with E-state index in [4.69, 9.17) is 16.3 Å². The second-order valence-corrected chi connectivity index (χ2v) is 12.3. The van der Waals surface area contributed by atoms with Gasteiger partial charge in [0.2, 0.25) is 5.91 Å². The van der Waals surface area contributed by atoms with Gasteiger partial charge in [-0.1, -0.05) is 68.6 Å². The maximum absolute atomic E-state index is 14.5. The van der Waals surface area contributed by atoms with Gasteiger partial charge in [0.15, 0.2) is 4.47 Å². The predicted molar refractivity (Wildman–Crippen MR) is 146 cm³/mol. The zero-order valence-electron chi connectivity index (χ0n) is 21.9. The lowest BCUT2D eigenvalue weighted by Gasteiger charge is -2.47. The number of nitrogens with zero attached hydrogens (tertiary/aromatic N) is 3. The van der Waals surface area contributed by atoms with Crippen LogP contribution in [-0.2, 0) is 21.5 Å². The summed E-state index contributed by atoms with van der Waals surface area (Å²) < 4.78 is 5.52. The van der Waals surface area contributed by atoms with Gasteiger partial charge < -0.3 is 19.9 Å². The van der Waals surface area contributed by atoms with E-state index in [1.54, 1.807) is 4.90 Å². The minimum atomic E-state index is -0.557. The fourth-order valence-electron chi connectivity index (χ4n) is 6.99. The van der Waals surface area contributed by atoms with Crippen LogP contribution < -0.4 is 5.32 Å². The summed E-state index contributed by atoms with van der Waals surface area (Å²) in [4.78, 5) is 36.6. The van der Waals surface area contributed by atoms with Gasteiger partial charge in [0.1, 0.15) is 0 Å². The van der Waals surface area contributed by atoms with Crippen molar-refractivity contribution in [3.63, 3.8) is 0 Å². The third-order valence-electron chi connectivity index (χ3n) is 8.92. The van der Waals surface area contributed by atoms with Crippen molar-refractivity contribution < 1.29 is 14.3 Å². The van der Waals surface area contributed by atoms with Crippen LogP contribution in [0.3, 0.4) is 0 Å². The Labute approximate surface area is 228 Å². The van der Waals surface area contributed by atoms with Crippen LogP contribution in [0.15, 0.2) is 30.3 Å². The number of hydrogen-bond donors (Lipinski definition) is 1. The number of piperidine rings is 1. The average Bonchev–Trinajstić information content (AvgIpc) is 3.52. The fraction of sp³-hybridized carbons (Fsp3) is 0.607. The summed E-state index contributed by atoms with van der Waals surface area (Å²) in [5.41, 5.74) is 1.60. The van der Waals surface area contributed by atoms with Crippen LogP contribution in [0.2, 0.25) is 4.47 Å². The van der Waals surface area contributed by atoms with Crippen LogP contribution in [0, 0.1) is 11.8 Å². The average molecular weight is 545 g/mol. The van der Waals surface area contributed by atoms with Gasteiger partial charge in [0, 0.05) is 42.5 Å². The van der Waals surface area contributed by atoms with E-state index in [1.807, 2.05) is 0 Å². The minimum Gasteiger partial charge on any atom is -0.453 e. The van der Waals surface area contributed by atoms with Crippen LogP contribution in [0.4, 0.5) is 4.79 Å². The molecule has 0 saturated carbocycles. The van der Waals surface area contributed by atoms with Gasteiger partial charge in [-0.25, -0.2) is 9.78 Å². The number of nitrogens with one attached hydrogen (secondary N) is 1. The van der Waals surface area contributed by atoms with Gasteiger partial charge in [-0.05, 0) is 30.2 Å². The molecule has 200 valence electrons. The molecule has 1 aromatic carbocycles. The number of fused-ring (bicyclic) bond motifs is 2. The van der Waals surface area contributed by atoms with Crippen LogP contribution in [0.5, 0.6) is 0 Å². The van der Waals surface area contributed by atoms with Gasteiger partial charge >= 0.3 is 6.09 Å². The summed E-state index contributed by atoms with van der Waals surface area (Å²) in [5.74, 6) is 0.811. The second-order valence-electron chi connectivity index (χ2n) is 10.7. The Morgan fingerprint density at radius 2 is 2.03 bits per heavy atom. The number of thiazole rings is 1. The molecular weight excluding hydrogens is 508 g/mol. The lowest BCUT2D eigenvalue weighted by atomic mass is 9.72. The first-order chi connectivity index (χ1) is 17.9. The summed E-state index contributed by atoms with van der Waals surface area (Å²) >= 11 is 7.84. The standard InChI is InChI=1S/C28H37ClN4O3S/c1-4-18(5-2)23-13-20(19-9-7-6-8-10-19)11-12-33(23)25(34)21-14-30-16-28(21)17-32(27(35)36-3)15-22-24(28)37-26(29)31-22/h6-10,18,20-21,23,30H,4-5,11-17H2,1-3H3/t20-,21+,23+,28+/m1/s1. The number of aromatic nitrogens is 1. The third-order valence-corrected chi connectivity index (χ3v) is 10.3. The van der Waals surface area contributed by atoms with E-state index in [1.165, 1.54) is 24.0 Å². The Bertz CT molecular complexity index is 1120. The summed E-state index contributed by atoms with van der Waals surface area (Å²) in [6.45, 7) is 7.20. The highest BCUT2D eigenvalue weighted by Gasteiger charge is 2.56. The van der Waals surface area contributed by atoms with Crippen molar-refractivity contribution in [1.82, 2.24) is 20.1 Å². The molecule has 1 aromatic heterocycles. The number of amides is 2. The van der Waals surface area contributed by atoms with E-state index in [2.05, 4.69) is 59.4 Å². The summed E-state index contributed by atoms with van der Waals surface area (Å²) in [6, 6.07) is 10.9. The smallest absolute Gasteiger partial charge is 0.409 e. The molecule has 9 heteroatoms. The van der Waals surface area contributed by atoms with Crippen molar-refractivity contribution in [2.45, 2.75) is 63.5 Å². The lowest BCUT2D eigenvalue weighted by Crippen LogP contribution is -2.58. The molecule has 2 fully saturated rings.